The SMILES string of the molecule is CCn1ncc(/C=C2\C[C@@H]3[C@H]4CC[C@H]5CCCC[C@]5(C)[C@@H]4CC[C@]3(C)[C@@H]2O)c1C. The van der Waals surface area contributed by atoms with E-state index in [1.165, 1.54) is 68.2 Å². The standard InChI is InChI=1S/C26H40N2O/c1-5-28-17(2)19(16-27-28)14-18-15-23-21-10-9-20-8-6-7-12-25(20,3)22(21)11-13-26(23,4)24(18)29/h14,16,20-24,29H,5-13,15H2,1-4H3/b18-14+/t20-,21+,22-,23-,24-,25+,26+/m1/s1. The van der Waals surface area contributed by atoms with Crippen molar-refractivity contribution in [2.24, 2.45) is 34.5 Å². The van der Waals surface area contributed by atoms with E-state index in [0.29, 0.717) is 11.3 Å². The van der Waals surface area contributed by atoms with Crippen molar-refractivity contribution in [3.63, 3.8) is 0 Å². The molecule has 4 aliphatic rings. The number of aliphatic hydroxyl groups excluding tert-OH is 1. The van der Waals surface area contributed by atoms with Crippen molar-refractivity contribution >= 4 is 6.08 Å². The molecule has 7 atom stereocenters. The highest BCUT2D eigenvalue weighted by molar-refractivity contribution is 5.57. The molecule has 29 heavy (non-hydrogen) atoms. The minimum absolute atomic E-state index is 0.0690. The molecule has 4 fully saturated rings. The molecule has 0 aromatic carbocycles. The van der Waals surface area contributed by atoms with Crippen molar-refractivity contribution < 1.29 is 5.11 Å². The van der Waals surface area contributed by atoms with Gasteiger partial charge in [0.15, 0.2) is 0 Å². The van der Waals surface area contributed by atoms with E-state index in [9.17, 15) is 5.11 Å². The Morgan fingerprint density at radius 3 is 2.69 bits per heavy atom. The average Bonchev–Trinajstić information content (AvgIpc) is 3.19. The Balaban J connectivity index is 1.45. The summed E-state index contributed by atoms with van der Waals surface area (Å²) in [6, 6.07) is 0. The second-order valence-electron chi connectivity index (χ2n) is 11.3. The quantitative estimate of drug-likeness (QED) is 0.666. The predicted molar refractivity (Wildman–Crippen MR) is 118 cm³/mol. The van der Waals surface area contributed by atoms with Crippen molar-refractivity contribution in [3.05, 3.63) is 23.0 Å². The van der Waals surface area contributed by atoms with Crippen LogP contribution < -0.4 is 0 Å². The fourth-order valence-electron chi connectivity index (χ4n) is 8.42. The van der Waals surface area contributed by atoms with Crippen LogP contribution in [0.15, 0.2) is 11.8 Å². The molecule has 4 saturated carbocycles. The highest BCUT2D eigenvalue weighted by atomic mass is 16.3. The van der Waals surface area contributed by atoms with Crippen molar-refractivity contribution in [2.75, 3.05) is 0 Å². The Kier molecular flexibility index (Phi) is 4.77. The van der Waals surface area contributed by atoms with Crippen LogP contribution >= 0.6 is 0 Å². The van der Waals surface area contributed by atoms with Gasteiger partial charge in [-0.2, -0.15) is 5.10 Å². The molecule has 0 radical (unpaired) electrons. The van der Waals surface area contributed by atoms with E-state index in [2.05, 4.69) is 43.6 Å². The normalized spacial score (nSPS) is 45.7. The lowest BCUT2D eigenvalue weighted by molar-refractivity contribution is -0.119. The van der Waals surface area contributed by atoms with Crippen LogP contribution in [0.5, 0.6) is 0 Å². The Morgan fingerprint density at radius 2 is 1.93 bits per heavy atom. The molecule has 3 heteroatoms. The van der Waals surface area contributed by atoms with Gasteiger partial charge in [-0.05, 0) is 99.5 Å². The van der Waals surface area contributed by atoms with E-state index in [-0.39, 0.29) is 11.5 Å². The second kappa shape index (κ2) is 6.97. The lowest BCUT2D eigenvalue weighted by Gasteiger charge is -2.60. The molecule has 0 spiro atoms. The summed E-state index contributed by atoms with van der Waals surface area (Å²) in [4.78, 5) is 0. The molecule has 1 heterocycles. The van der Waals surface area contributed by atoms with E-state index < -0.39 is 0 Å². The van der Waals surface area contributed by atoms with Gasteiger partial charge < -0.3 is 5.11 Å². The summed E-state index contributed by atoms with van der Waals surface area (Å²) in [5, 5.41) is 16.0. The molecule has 0 unspecified atom stereocenters. The van der Waals surface area contributed by atoms with Crippen molar-refractivity contribution in [2.45, 2.75) is 98.1 Å². The first-order chi connectivity index (χ1) is 13.9. The number of nitrogens with zero attached hydrogens (tertiary/aromatic N) is 2. The summed E-state index contributed by atoms with van der Waals surface area (Å²) in [5.74, 6) is 3.32. The van der Waals surface area contributed by atoms with E-state index in [4.69, 9.17) is 0 Å². The summed E-state index contributed by atoms with van der Waals surface area (Å²) in [6.07, 6.45) is 16.3. The molecule has 4 aliphatic carbocycles. The zero-order valence-corrected chi connectivity index (χ0v) is 19.0. The number of rotatable bonds is 2. The van der Waals surface area contributed by atoms with Gasteiger partial charge in [0.25, 0.3) is 0 Å². The van der Waals surface area contributed by atoms with Gasteiger partial charge in [-0.25, -0.2) is 0 Å². The zero-order chi connectivity index (χ0) is 20.4. The maximum atomic E-state index is 11.5. The summed E-state index contributed by atoms with van der Waals surface area (Å²) in [7, 11) is 0. The van der Waals surface area contributed by atoms with Crippen LogP contribution in [0.1, 0.15) is 89.8 Å². The summed E-state index contributed by atoms with van der Waals surface area (Å²) in [6.45, 7) is 10.2. The smallest absolute Gasteiger partial charge is 0.0809 e. The first-order valence-corrected chi connectivity index (χ1v) is 12.3. The maximum Gasteiger partial charge on any atom is 0.0809 e. The molecule has 0 aliphatic heterocycles. The molecule has 0 saturated heterocycles. The number of fused-ring (bicyclic) bond motifs is 5. The molecule has 5 rings (SSSR count). The Labute approximate surface area is 177 Å². The Bertz CT molecular complexity index is 810. The van der Waals surface area contributed by atoms with Crippen LogP contribution in [-0.4, -0.2) is 21.0 Å². The van der Waals surface area contributed by atoms with Crippen LogP contribution in [-0.2, 0) is 6.54 Å². The van der Waals surface area contributed by atoms with Gasteiger partial charge in [0.05, 0.1) is 12.3 Å². The summed E-state index contributed by atoms with van der Waals surface area (Å²) < 4.78 is 2.06. The molecule has 0 bridgehead atoms. The van der Waals surface area contributed by atoms with Gasteiger partial charge in [0.2, 0.25) is 0 Å². The lowest BCUT2D eigenvalue weighted by Crippen LogP contribution is -2.53. The van der Waals surface area contributed by atoms with Gasteiger partial charge in [0.1, 0.15) is 0 Å². The van der Waals surface area contributed by atoms with E-state index >= 15 is 0 Å². The summed E-state index contributed by atoms with van der Waals surface area (Å²) in [5.41, 5.74) is 4.33. The monoisotopic (exact) mass is 396 g/mol. The van der Waals surface area contributed by atoms with Gasteiger partial charge >= 0.3 is 0 Å². The van der Waals surface area contributed by atoms with Crippen LogP contribution in [0.25, 0.3) is 6.08 Å². The van der Waals surface area contributed by atoms with Gasteiger partial charge in [0, 0.05) is 23.2 Å². The number of aliphatic hydroxyl groups is 1. The molecule has 0 amide bonds. The number of aromatic nitrogens is 2. The molecule has 1 N–H and O–H groups in total. The molecule has 160 valence electrons. The lowest BCUT2D eigenvalue weighted by atomic mass is 9.45. The molecule has 3 nitrogen and oxygen atoms in total. The van der Waals surface area contributed by atoms with E-state index in [1.807, 2.05) is 6.20 Å². The van der Waals surface area contributed by atoms with Gasteiger partial charge in [-0.3, -0.25) is 4.68 Å². The van der Waals surface area contributed by atoms with Gasteiger partial charge in [-0.15, -0.1) is 0 Å². The average molecular weight is 397 g/mol. The largest absolute Gasteiger partial charge is 0.388 e. The van der Waals surface area contributed by atoms with Gasteiger partial charge in [-0.1, -0.05) is 26.7 Å². The molecular weight excluding hydrogens is 356 g/mol. The zero-order valence-electron chi connectivity index (χ0n) is 19.0. The third-order valence-electron chi connectivity index (χ3n) is 10.2. The highest BCUT2D eigenvalue weighted by Crippen LogP contribution is 2.67. The van der Waals surface area contributed by atoms with Crippen molar-refractivity contribution in [1.29, 1.82) is 0 Å². The second-order valence-corrected chi connectivity index (χ2v) is 11.3. The third kappa shape index (κ3) is 2.82. The molecule has 1 aromatic rings. The highest BCUT2D eigenvalue weighted by Gasteiger charge is 2.60. The Hall–Kier alpha value is -1.09. The fourth-order valence-corrected chi connectivity index (χ4v) is 8.42. The molecular formula is C26H40N2O. The first kappa shape index (κ1) is 19.8. The maximum absolute atomic E-state index is 11.5. The fraction of sp³-hybridized carbons (Fsp3) is 0.808. The minimum Gasteiger partial charge on any atom is -0.388 e. The number of hydrogen-bond donors (Lipinski definition) is 1. The van der Waals surface area contributed by atoms with Crippen LogP contribution in [0, 0.1) is 41.4 Å². The van der Waals surface area contributed by atoms with Crippen LogP contribution in [0.4, 0.5) is 0 Å². The predicted octanol–water partition coefficient (Wildman–Crippen LogP) is 6.00. The first-order valence-electron chi connectivity index (χ1n) is 12.3. The van der Waals surface area contributed by atoms with Crippen LogP contribution in [0.2, 0.25) is 0 Å². The van der Waals surface area contributed by atoms with E-state index in [1.54, 1.807) is 0 Å². The third-order valence-corrected chi connectivity index (χ3v) is 10.2. The topological polar surface area (TPSA) is 38.0 Å². The van der Waals surface area contributed by atoms with Crippen molar-refractivity contribution in [3.8, 4) is 0 Å². The van der Waals surface area contributed by atoms with Crippen molar-refractivity contribution in [1.82, 2.24) is 9.78 Å². The molecule has 1 aromatic heterocycles. The number of aryl methyl sites for hydroxylation is 1. The summed E-state index contributed by atoms with van der Waals surface area (Å²) >= 11 is 0. The van der Waals surface area contributed by atoms with Crippen LogP contribution in [0.3, 0.4) is 0 Å². The Morgan fingerprint density at radius 1 is 1.10 bits per heavy atom. The van der Waals surface area contributed by atoms with E-state index in [0.717, 1.165) is 30.7 Å². The minimum atomic E-state index is -0.283. The number of hydrogen-bond acceptors (Lipinski definition) is 2.